The highest BCUT2D eigenvalue weighted by Crippen LogP contribution is 2.19. The van der Waals surface area contributed by atoms with Gasteiger partial charge in [0.1, 0.15) is 11.6 Å². The van der Waals surface area contributed by atoms with Crippen molar-refractivity contribution in [2.45, 2.75) is 26.4 Å². The van der Waals surface area contributed by atoms with Gasteiger partial charge in [-0.05, 0) is 49.7 Å². The van der Waals surface area contributed by atoms with Crippen LogP contribution >= 0.6 is 0 Å². The minimum absolute atomic E-state index is 0.242. The first-order valence-corrected chi connectivity index (χ1v) is 8.04. The summed E-state index contributed by atoms with van der Waals surface area (Å²) in [5, 5.41) is 2.69. The number of carbonyl (C=O) groups excluding carboxylic acids is 2. The molecule has 6 heteroatoms. The highest BCUT2D eigenvalue weighted by atomic mass is 19.1. The SMILES string of the molecule is CCOC(=O)c1ccccc1NC(=O)[C@@H](CC)Oc1ccc(F)cc1. The zero-order valence-electron chi connectivity index (χ0n) is 14.1. The van der Waals surface area contributed by atoms with E-state index in [9.17, 15) is 14.0 Å². The summed E-state index contributed by atoms with van der Waals surface area (Å²) in [5.41, 5.74) is 0.626. The molecule has 0 saturated heterocycles. The van der Waals surface area contributed by atoms with E-state index in [1.54, 1.807) is 38.1 Å². The monoisotopic (exact) mass is 345 g/mol. The second kappa shape index (κ2) is 8.82. The Morgan fingerprint density at radius 2 is 1.76 bits per heavy atom. The van der Waals surface area contributed by atoms with Gasteiger partial charge >= 0.3 is 5.97 Å². The van der Waals surface area contributed by atoms with Crippen LogP contribution in [0.25, 0.3) is 0 Å². The Kier molecular flexibility index (Phi) is 6.51. The minimum atomic E-state index is -0.777. The number of para-hydroxylation sites is 1. The Bertz CT molecular complexity index is 730. The Hall–Kier alpha value is -2.89. The third-order valence-corrected chi connectivity index (χ3v) is 3.44. The molecule has 0 aromatic heterocycles. The molecule has 0 fully saturated rings. The fraction of sp³-hybridized carbons (Fsp3) is 0.263. The van der Waals surface area contributed by atoms with Crippen LogP contribution in [0.3, 0.4) is 0 Å². The van der Waals surface area contributed by atoms with Gasteiger partial charge in [-0.15, -0.1) is 0 Å². The van der Waals surface area contributed by atoms with Crippen LogP contribution in [-0.4, -0.2) is 24.6 Å². The van der Waals surface area contributed by atoms with E-state index in [-0.39, 0.29) is 18.0 Å². The van der Waals surface area contributed by atoms with Crippen molar-refractivity contribution in [3.63, 3.8) is 0 Å². The molecule has 1 N–H and O–H groups in total. The molecule has 0 aliphatic heterocycles. The molecule has 0 radical (unpaired) electrons. The topological polar surface area (TPSA) is 64.6 Å². The van der Waals surface area contributed by atoms with E-state index >= 15 is 0 Å². The molecule has 0 aliphatic carbocycles. The van der Waals surface area contributed by atoms with Gasteiger partial charge in [-0.25, -0.2) is 9.18 Å². The first-order valence-electron chi connectivity index (χ1n) is 8.04. The van der Waals surface area contributed by atoms with Crippen LogP contribution < -0.4 is 10.1 Å². The molecule has 2 aromatic carbocycles. The van der Waals surface area contributed by atoms with Crippen LogP contribution in [0.5, 0.6) is 5.75 Å². The quantitative estimate of drug-likeness (QED) is 0.775. The molecular formula is C19H20FNO4. The van der Waals surface area contributed by atoms with Gasteiger partial charge in [-0.3, -0.25) is 4.79 Å². The smallest absolute Gasteiger partial charge is 0.340 e. The minimum Gasteiger partial charge on any atom is -0.481 e. The normalized spacial score (nSPS) is 11.5. The lowest BCUT2D eigenvalue weighted by molar-refractivity contribution is -0.122. The Morgan fingerprint density at radius 1 is 1.08 bits per heavy atom. The summed E-state index contributed by atoms with van der Waals surface area (Å²) in [6, 6.07) is 12.0. The molecule has 0 saturated carbocycles. The van der Waals surface area contributed by atoms with Crippen LogP contribution in [0.2, 0.25) is 0 Å². The van der Waals surface area contributed by atoms with Crippen molar-refractivity contribution in [3.05, 3.63) is 59.9 Å². The summed E-state index contributed by atoms with van der Waals surface area (Å²) in [4.78, 5) is 24.5. The standard InChI is InChI=1S/C19H20FNO4/c1-3-17(25-14-11-9-13(20)10-12-14)18(22)21-16-8-6-5-7-15(16)19(23)24-4-2/h5-12,17H,3-4H2,1-2H3,(H,21,22)/t17-/m1/s1. The number of halogens is 1. The van der Waals surface area contributed by atoms with Gasteiger partial charge in [0.2, 0.25) is 0 Å². The number of hydrogen-bond acceptors (Lipinski definition) is 4. The lowest BCUT2D eigenvalue weighted by Crippen LogP contribution is -2.33. The van der Waals surface area contributed by atoms with Gasteiger partial charge in [0.25, 0.3) is 5.91 Å². The zero-order chi connectivity index (χ0) is 18.2. The van der Waals surface area contributed by atoms with E-state index in [4.69, 9.17) is 9.47 Å². The summed E-state index contributed by atoms with van der Waals surface area (Å²) >= 11 is 0. The summed E-state index contributed by atoms with van der Waals surface area (Å²) in [5.74, 6) is -0.898. The first kappa shape index (κ1) is 18.4. The summed E-state index contributed by atoms with van der Waals surface area (Å²) in [6.45, 7) is 3.75. The molecular weight excluding hydrogens is 325 g/mol. The molecule has 25 heavy (non-hydrogen) atoms. The lowest BCUT2D eigenvalue weighted by Gasteiger charge is -2.18. The number of amides is 1. The molecule has 0 heterocycles. The fourth-order valence-corrected chi connectivity index (χ4v) is 2.19. The van der Waals surface area contributed by atoms with Gasteiger partial charge in [-0.2, -0.15) is 0 Å². The van der Waals surface area contributed by atoms with Crippen molar-refractivity contribution in [1.29, 1.82) is 0 Å². The van der Waals surface area contributed by atoms with Gasteiger partial charge in [0, 0.05) is 0 Å². The predicted octanol–water partition coefficient (Wildman–Crippen LogP) is 3.80. The molecule has 1 atom stereocenters. The van der Waals surface area contributed by atoms with Crippen molar-refractivity contribution in [1.82, 2.24) is 0 Å². The number of carbonyl (C=O) groups is 2. The highest BCUT2D eigenvalue weighted by Gasteiger charge is 2.21. The summed E-state index contributed by atoms with van der Waals surface area (Å²) in [6.07, 6.45) is -0.370. The highest BCUT2D eigenvalue weighted by molar-refractivity contribution is 6.02. The van der Waals surface area contributed by atoms with E-state index in [0.29, 0.717) is 17.9 Å². The molecule has 0 aliphatic rings. The van der Waals surface area contributed by atoms with Crippen LogP contribution in [0.15, 0.2) is 48.5 Å². The number of hydrogen-bond donors (Lipinski definition) is 1. The Morgan fingerprint density at radius 3 is 2.40 bits per heavy atom. The summed E-state index contributed by atoms with van der Waals surface area (Å²) < 4.78 is 23.5. The third kappa shape index (κ3) is 5.04. The van der Waals surface area contributed by atoms with Crippen LogP contribution in [0.4, 0.5) is 10.1 Å². The maximum absolute atomic E-state index is 13.0. The predicted molar refractivity (Wildman–Crippen MR) is 92.1 cm³/mol. The fourth-order valence-electron chi connectivity index (χ4n) is 2.19. The first-order chi connectivity index (χ1) is 12.0. The van der Waals surface area contributed by atoms with Crippen molar-refractivity contribution < 1.29 is 23.5 Å². The van der Waals surface area contributed by atoms with E-state index in [1.165, 1.54) is 24.3 Å². The molecule has 1 amide bonds. The number of benzene rings is 2. The number of nitrogens with one attached hydrogen (secondary N) is 1. The van der Waals surface area contributed by atoms with Crippen molar-refractivity contribution in [2.75, 3.05) is 11.9 Å². The Labute approximate surface area is 145 Å². The molecule has 2 aromatic rings. The number of anilines is 1. The largest absolute Gasteiger partial charge is 0.481 e. The second-order valence-electron chi connectivity index (χ2n) is 5.22. The molecule has 5 nitrogen and oxygen atoms in total. The zero-order valence-corrected chi connectivity index (χ0v) is 14.1. The van der Waals surface area contributed by atoms with Gasteiger partial charge in [-0.1, -0.05) is 19.1 Å². The maximum Gasteiger partial charge on any atom is 0.340 e. The van der Waals surface area contributed by atoms with Crippen LogP contribution in [0.1, 0.15) is 30.6 Å². The van der Waals surface area contributed by atoms with Gasteiger partial charge < -0.3 is 14.8 Å². The van der Waals surface area contributed by atoms with Crippen molar-refractivity contribution in [2.24, 2.45) is 0 Å². The number of ether oxygens (including phenoxy) is 2. The van der Waals surface area contributed by atoms with Crippen LogP contribution in [-0.2, 0) is 9.53 Å². The van der Waals surface area contributed by atoms with Gasteiger partial charge in [0.05, 0.1) is 17.9 Å². The summed E-state index contributed by atoms with van der Waals surface area (Å²) in [7, 11) is 0. The lowest BCUT2D eigenvalue weighted by atomic mass is 10.1. The van der Waals surface area contributed by atoms with E-state index < -0.39 is 18.0 Å². The average Bonchev–Trinajstić information content (AvgIpc) is 2.61. The maximum atomic E-state index is 13.0. The van der Waals surface area contributed by atoms with Crippen LogP contribution in [0, 0.1) is 5.82 Å². The molecule has 0 spiro atoms. The molecule has 0 unspecified atom stereocenters. The van der Waals surface area contributed by atoms with E-state index in [2.05, 4.69) is 5.32 Å². The number of esters is 1. The molecule has 2 rings (SSSR count). The molecule has 132 valence electrons. The molecule has 0 bridgehead atoms. The average molecular weight is 345 g/mol. The Balaban J connectivity index is 2.11. The third-order valence-electron chi connectivity index (χ3n) is 3.44. The van der Waals surface area contributed by atoms with Gasteiger partial charge in [0.15, 0.2) is 6.10 Å². The van der Waals surface area contributed by atoms with E-state index in [1.807, 2.05) is 0 Å². The number of rotatable bonds is 7. The van der Waals surface area contributed by atoms with Crippen molar-refractivity contribution in [3.8, 4) is 5.75 Å². The van der Waals surface area contributed by atoms with E-state index in [0.717, 1.165) is 0 Å². The van der Waals surface area contributed by atoms with Crippen molar-refractivity contribution >= 4 is 17.6 Å². The second-order valence-corrected chi connectivity index (χ2v) is 5.22.